The molecule has 1 unspecified atom stereocenters. The van der Waals surface area contributed by atoms with Gasteiger partial charge >= 0.3 is 5.97 Å². The SMILES string of the molecule is Cc1cc(CC(O)C(=O)O)ccc1Cl. The van der Waals surface area contributed by atoms with E-state index in [4.69, 9.17) is 21.8 Å². The first kappa shape index (κ1) is 11.0. The van der Waals surface area contributed by atoms with Gasteiger partial charge in [0.15, 0.2) is 6.10 Å². The number of hydrogen-bond acceptors (Lipinski definition) is 2. The van der Waals surface area contributed by atoms with Crippen LogP contribution in [0.1, 0.15) is 11.1 Å². The molecule has 0 aliphatic heterocycles. The third-order valence-electron chi connectivity index (χ3n) is 1.94. The number of aliphatic hydroxyl groups excluding tert-OH is 1. The first-order valence-corrected chi connectivity index (χ1v) is 4.54. The molecule has 0 bridgehead atoms. The second kappa shape index (κ2) is 4.44. The third-order valence-corrected chi connectivity index (χ3v) is 2.36. The molecular formula is C10H11ClO3. The lowest BCUT2D eigenvalue weighted by molar-refractivity contribution is -0.146. The third kappa shape index (κ3) is 2.72. The Bertz CT molecular complexity index is 349. The summed E-state index contributed by atoms with van der Waals surface area (Å²) in [5.41, 5.74) is 1.64. The summed E-state index contributed by atoms with van der Waals surface area (Å²) in [6.45, 7) is 1.83. The first-order chi connectivity index (χ1) is 6.50. The number of hydrogen-bond donors (Lipinski definition) is 2. The Morgan fingerprint density at radius 3 is 2.71 bits per heavy atom. The van der Waals surface area contributed by atoms with Crippen LogP contribution in [-0.2, 0) is 11.2 Å². The molecule has 0 fully saturated rings. The van der Waals surface area contributed by atoms with E-state index in [1.165, 1.54) is 0 Å². The van der Waals surface area contributed by atoms with Gasteiger partial charge in [0.25, 0.3) is 0 Å². The summed E-state index contributed by atoms with van der Waals surface area (Å²) in [5.74, 6) is -1.21. The normalized spacial score (nSPS) is 12.5. The smallest absolute Gasteiger partial charge is 0.332 e. The molecule has 1 rings (SSSR count). The maximum atomic E-state index is 10.4. The van der Waals surface area contributed by atoms with Gasteiger partial charge in [-0.05, 0) is 24.1 Å². The Labute approximate surface area is 86.9 Å². The molecule has 0 aromatic heterocycles. The minimum atomic E-state index is -1.35. The van der Waals surface area contributed by atoms with Crippen molar-refractivity contribution in [3.63, 3.8) is 0 Å². The number of rotatable bonds is 3. The fourth-order valence-corrected chi connectivity index (χ4v) is 1.26. The van der Waals surface area contributed by atoms with E-state index >= 15 is 0 Å². The molecule has 1 aromatic carbocycles. The van der Waals surface area contributed by atoms with Crippen molar-refractivity contribution in [1.29, 1.82) is 0 Å². The van der Waals surface area contributed by atoms with E-state index in [2.05, 4.69) is 0 Å². The van der Waals surface area contributed by atoms with Crippen molar-refractivity contribution in [1.82, 2.24) is 0 Å². The van der Waals surface area contributed by atoms with Gasteiger partial charge in [-0.1, -0.05) is 23.7 Å². The van der Waals surface area contributed by atoms with E-state index in [0.29, 0.717) is 5.02 Å². The van der Waals surface area contributed by atoms with Crippen LogP contribution >= 0.6 is 11.6 Å². The van der Waals surface area contributed by atoms with Crippen LogP contribution in [0.2, 0.25) is 5.02 Å². The van der Waals surface area contributed by atoms with E-state index in [-0.39, 0.29) is 6.42 Å². The Balaban J connectivity index is 2.78. The van der Waals surface area contributed by atoms with Crippen LogP contribution in [0, 0.1) is 6.92 Å². The van der Waals surface area contributed by atoms with E-state index in [1.807, 2.05) is 6.92 Å². The maximum absolute atomic E-state index is 10.4. The fraction of sp³-hybridized carbons (Fsp3) is 0.300. The summed E-state index contributed by atoms with van der Waals surface area (Å²) in [7, 11) is 0. The molecule has 1 aromatic rings. The summed E-state index contributed by atoms with van der Waals surface area (Å²) in [6, 6.07) is 5.18. The average Bonchev–Trinajstić information content (AvgIpc) is 2.11. The monoisotopic (exact) mass is 214 g/mol. The Hall–Kier alpha value is -1.06. The summed E-state index contributed by atoms with van der Waals surface area (Å²) < 4.78 is 0. The molecule has 4 heteroatoms. The molecular weight excluding hydrogens is 204 g/mol. The predicted octanol–water partition coefficient (Wildman–Crippen LogP) is 1.64. The molecule has 76 valence electrons. The van der Waals surface area contributed by atoms with Crippen LogP contribution in [0.5, 0.6) is 0 Å². The van der Waals surface area contributed by atoms with Crippen molar-refractivity contribution in [3.8, 4) is 0 Å². The molecule has 0 saturated carbocycles. The van der Waals surface area contributed by atoms with Gasteiger partial charge in [0.1, 0.15) is 0 Å². The Morgan fingerprint density at radius 1 is 1.57 bits per heavy atom. The molecule has 14 heavy (non-hydrogen) atoms. The number of aliphatic carboxylic acids is 1. The number of carboxylic acids is 1. The van der Waals surface area contributed by atoms with Gasteiger partial charge in [0.2, 0.25) is 0 Å². The lowest BCUT2D eigenvalue weighted by atomic mass is 10.1. The van der Waals surface area contributed by atoms with Crippen LogP contribution in [-0.4, -0.2) is 22.3 Å². The fourth-order valence-electron chi connectivity index (χ4n) is 1.14. The molecule has 0 heterocycles. The molecule has 3 nitrogen and oxygen atoms in total. The molecule has 0 spiro atoms. The number of aryl methyl sites for hydroxylation is 1. The highest BCUT2D eigenvalue weighted by Crippen LogP contribution is 2.17. The van der Waals surface area contributed by atoms with Gasteiger partial charge in [-0.25, -0.2) is 4.79 Å². The summed E-state index contributed by atoms with van der Waals surface area (Å²) >= 11 is 5.80. The summed E-state index contributed by atoms with van der Waals surface area (Å²) in [4.78, 5) is 10.4. The molecule has 0 radical (unpaired) electrons. The van der Waals surface area contributed by atoms with Crippen LogP contribution in [0.25, 0.3) is 0 Å². The van der Waals surface area contributed by atoms with Crippen molar-refractivity contribution in [3.05, 3.63) is 34.3 Å². The molecule has 2 N–H and O–H groups in total. The number of halogens is 1. The minimum Gasteiger partial charge on any atom is -0.479 e. The lowest BCUT2D eigenvalue weighted by Crippen LogP contribution is -2.21. The van der Waals surface area contributed by atoms with Crippen LogP contribution in [0.15, 0.2) is 18.2 Å². The maximum Gasteiger partial charge on any atom is 0.332 e. The number of carbonyl (C=O) groups is 1. The van der Waals surface area contributed by atoms with E-state index in [0.717, 1.165) is 11.1 Å². The topological polar surface area (TPSA) is 57.5 Å². The van der Waals surface area contributed by atoms with Gasteiger partial charge in [-0.3, -0.25) is 0 Å². The predicted molar refractivity (Wildman–Crippen MR) is 53.5 cm³/mol. The molecule has 0 aliphatic rings. The Kier molecular flexibility index (Phi) is 3.49. The van der Waals surface area contributed by atoms with Crippen LogP contribution in [0.4, 0.5) is 0 Å². The van der Waals surface area contributed by atoms with Crippen molar-refractivity contribution in [2.24, 2.45) is 0 Å². The Morgan fingerprint density at radius 2 is 2.21 bits per heavy atom. The van der Waals surface area contributed by atoms with Gasteiger partial charge in [-0.15, -0.1) is 0 Å². The van der Waals surface area contributed by atoms with Crippen molar-refractivity contribution in [2.75, 3.05) is 0 Å². The van der Waals surface area contributed by atoms with Gasteiger partial charge in [0, 0.05) is 11.4 Å². The largest absolute Gasteiger partial charge is 0.479 e. The van der Waals surface area contributed by atoms with E-state index < -0.39 is 12.1 Å². The van der Waals surface area contributed by atoms with E-state index in [9.17, 15) is 4.79 Å². The first-order valence-electron chi connectivity index (χ1n) is 4.16. The zero-order chi connectivity index (χ0) is 10.7. The van der Waals surface area contributed by atoms with Gasteiger partial charge in [-0.2, -0.15) is 0 Å². The van der Waals surface area contributed by atoms with Crippen LogP contribution < -0.4 is 0 Å². The molecule has 0 aliphatic carbocycles. The van der Waals surface area contributed by atoms with E-state index in [1.54, 1.807) is 18.2 Å². The lowest BCUT2D eigenvalue weighted by Gasteiger charge is -2.06. The minimum absolute atomic E-state index is 0.105. The number of aliphatic hydroxyl groups is 1. The average molecular weight is 215 g/mol. The highest BCUT2D eigenvalue weighted by atomic mass is 35.5. The second-order valence-corrected chi connectivity index (χ2v) is 3.55. The quantitative estimate of drug-likeness (QED) is 0.804. The van der Waals surface area contributed by atoms with Crippen molar-refractivity contribution < 1.29 is 15.0 Å². The summed E-state index contributed by atoms with van der Waals surface area (Å²) in [5, 5.41) is 18.2. The zero-order valence-corrected chi connectivity index (χ0v) is 8.45. The standard InChI is InChI=1S/C10H11ClO3/c1-6-4-7(2-3-8(6)11)5-9(12)10(13)14/h2-4,9,12H,5H2,1H3,(H,13,14). The van der Waals surface area contributed by atoms with Crippen molar-refractivity contribution >= 4 is 17.6 Å². The highest BCUT2D eigenvalue weighted by molar-refractivity contribution is 6.31. The molecule has 0 amide bonds. The second-order valence-electron chi connectivity index (χ2n) is 3.14. The van der Waals surface area contributed by atoms with Gasteiger partial charge in [0.05, 0.1) is 0 Å². The van der Waals surface area contributed by atoms with Crippen molar-refractivity contribution in [2.45, 2.75) is 19.4 Å². The summed E-state index contributed by atoms with van der Waals surface area (Å²) in [6.07, 6.45) is -1.25. The van der Waals surface area contributed by atoms with Crippen LogP contribution in [0.3, 0.4) is 0 Å². The number of benzene rings is 1. The van der Waals surface area contributed by atoms with Gasteiger partial charge < -0.3 is 10.2 Å². The molecule has 1 atom stereocenters. The number of carboxylic acid groups (broad SMARTS) is 1. The highest BCUT2D eigenvalue weighted by Gasteiger charge is 2.13. The molecule has 0 saturated heterocycles. The zero-order valence-electron chi connectivity index (χ0n) is 7.70.